The van der Waals surface area contributed by atoms with Gasteiger partial charge in [-0.15, -0.1) is 0 Å². The van der Waals surface area contributed by atoms with Crippen LogP contribution in [0.2, 0.25) is 0 Å². The molecule has 3 heteroatoms. The van der Waals surface area contributed by atoms with Gasteiger partial charge in [-0.05, 0) is 56.6 Å². The van der Waals surface area contributed by atoms with Crippen molar-refractivity contribution in [2.45, 2.75) is 32.2 Å². The van der Waals surface area contributed by atoms with Gasteiger partial charge in [-0.1, -0.05) is 12.1 Å². The average Bonchev–Trinajstić information content (AvgIpc) is 2.97. The van der Waals surface area contributed by atoms with Crippen molar-refractivity contribution in [1.29, 1.82) is 0 Å². The van der Waals surface area contributed by atoms with Gasteiger partial charge in [0.2, 0.25) is 0 Å². The van der Waals surface area contributed by atoms with E-state index in [1.165, 1.54) is 6.42 Å². The highest BCUT2D eigenvalue weighted by Gasteiger charge is 2.48. The van der Waals surface area contributed by atoms with E-state index in [2.05, 4.69) is 5.32 Å². The standard InChI is InChI=1S/C15H19F2N/c1-8-3-4-12(14(17)13(8)16)15(18-2)11-6-9-5-10(9)7-11/h3-4,9-11,15,18H,5-7H2,1-2H3. The molecule has 0 spiro atoms. The van der Waals surface area contributed by atoms with Crippen LogP contribution in [0.15, 0.2) is 12.1 Å². The van der Waals surface area contributed by atoms with E-state index in [-0.39, 0.29) is 6.04 Å². The van der Waals surface area contributed by atoms with Crippen molar-refractivity contribution in [2.24, 2.45) is 17.8 Å². The van der Waals surface area contributed by atoms with E-state index in [1.807, 2.05) is 7.05 Å². The second kappa shape index (κ2) is 4.30. The van der Waals surface area contributed by atoms with Crippen molar-refractivity contribution in [2.75, 3.05) is 7.05 Å². The highest BCUT2D eigenvalue weighted by atomic mass is 19.2. The van der Waals surface area contributed by atoms with Gasteiger partial charge in [-0.2, -0.15) is 0 Å². The SMILES string of the molecule is CNC(c1ccc(C)c(F)c1F)C1CC2CC2C1. The number of hydrogen-bond acceptors (Lipinski definition) is 1. The molecule has 0 bridgehead atoms. The Morgan fingerprint density at radius 3 is 2.39 bits per heavy atom. The quantitative estimate of drug-likeness (QED) is 0.865. The van der Waals surface area contributed by atoms with Crippen LogP contribution in [-0.2, 0) is 0 Å². The minimum absolute atomic E-state index is 0.0482. The first-order valence-corrected chi connectivity index (χ1v) is 6.73. The molecule has 1 N–H and O–H groups in total. The molecule has 0 amide bonds. The van der Waals surface area contributed by atoms with Gasteiger partial charge in [0.05, 0.1) is 0 Å². The molecule has 98 valence electrons. The number of rotatable bonds is 3. The predicted molar refractivity (Wildman–Crippen MR) is 67.2 cm³/mol. The Morgan fingerprint density at radius 2 is 1.78 bits per heavy atom. The van der Waals surface area contributed by atoms with Gasteiger partial charge in [0.1, 0.15) is 0 Å². The van der Waals surface area contributed by atoms with Crippen LogP contribution in [0.5, 0.6) is 0 Å². The van der Waals surface area contributed by atoms with Gasteiger partial charge >= 0.3 is 0 Å². The van der Waals surface area contributed by atoms with Crippen LogP contribution in [0, 0.1) is 36.3 Å². The topological polar surface area (TPSA) is 12.0 Å². The zero-order valence-corrected chi connectivity index (χ0v) is 10.8. The van der Waals surface area contributed by atoms with E-state index in [0.29, 0.717) is 17.0 Å². The molecule has 3 unspecified atom stereocenters. The number of halogens is 2. The largest absolute Gasteiger partial charge is 0.313 e. The smallest absolute Gasteiger partial charge is 0.163 e. The fourth-order valence-electron chi connectivity index (χ4n) is 3.58. The summed E-state index contributed by atoms with van der Waals surface area (Å²) in [6.45, 7) is 1.60. The van der Waals surface area contributed by atoms with Gasteiger partial charge in [-0.3, -0.25) is 0 Å². The summed E-state index contributed by atoms with van der Waals surface area (Å²) in [5, 5.41) is 3.18. The van der Waals surface area contributed by atoms with E-state index in [4.69, 9.17) is 0 Å². The van der Waals surface area contributed by atoms with E-state index < -0.39 is 11.6 Å². The summed E-state index contributed by atoms with van der Waals surface area (Å²) in [6.07, 6.45) is 3.66. The Kier molecular flexibility index (Phi) is 2.89. The summed E-state index contributed by atoms with van der Waals surface area (Å²) >= 11 is 0. The van der Waals surface area contributed by atoms with Gasteiger partial charge in [0.25, 0.3) is 0 Å². The van der Waals surface area contributed by atoms with Gasteiger partial charge in [0, 0.05) is 11.6 Å². The van der Waals surface area contributed by atoms with Crippen LogP contribution in [0.1, 0.15) is 36.4 Å². The first-order chi connectivity index (χ1) is 8.61. The number of nitrogens with one attached hydrogen (secondary N) is 1. The normalized spacial score (nSPS) is 31.2. The number of fused-ring (bicyclic) bond motifs is 1. The van der Waals surface area contributed by atoms with Crippen LogP contribution in [0.3, 0.4) is 0 Å². The monoisotopic (exact) mass is 251 g/mol. The van der Waals surface area contributed by atoms with E-state index in [1.54, 1.807) is 19.1 Å². The highest BCUT2D eigenvalue weighted by molar-refractivity contribution is 5.29. The van der Waals surface area contributed by atoms with Crippen molar-refractivity contribution in [1.82, 2.24) is 5.32 Å². The fraction of sp³-hybridized carbons (Fsp3) is 0.600. The number of hydrogen-bond donors (Lipinski definition) is 1. The minimum atomic E-state index is -0.698. The maximum absolute atomic E-state index is 14.0. The number of aryl methyl sites for hydroxylation is 1. The number of benzene rings is 1. The van der Waals surface area contributed by atoms with Gasteiger partial charge in [-0.25, -0.2) is 8.78 Å². The molecule has 0 aromatic heterocycles. The molecule has 1 nitrogen and oxygen atoms in total. The van der Waals surface area contributed by atoms with Crippen LogP contribution >= 0.6 is 0 Å². The van der Waals surface area contributed by atoms with Gasteiger partial charge in [0.15, 0.2) is 11.6 Å². The molecule has 0 saturated heterocycles. The fourth-order valence-corrected chi connectivity index (χ4v) is 3.58. The molecule has 2 aliphatic rings. The summed E-state index contributed by atoms with van der Waals surface area (Å²) in [5.41, 5.74) is 0.868. The summed E-state index contributed by atoms with van der Waals surface area (Å²) in [5.74, 6) is 0.787. The predicted octanol–water partition coefficient (Wildman–Crippen LogP) is 3.58. The summed E-state index contributed by atoms with van der Waals surface area (Å²) in [6, 6.07) is 3.36. The molecule has 0 radical (unpaired) electrons. The Balaban J connectivity index is 1.89. The molecule has 3 rings (SSSR count). The van der Waals surface area contributed by atoms with Crippen LogP contribution in [-0.4, -0.2) is 7.05 Å². The lowest BCUT2D eigenvalue weighted by atomic mass is 9.88. The van der Waals surface area contributed by atoms with Crippen LogP contribution in [0.25, 0.3) is 0 Å². The molecule has 1 aromatic carbocycles. The van der Waals surface area contributed by atoms with Crippen molar-refractivity contribution in [3.63, 3.8) is 0 Å². The molecule has 2 aliphatic carbocycles. The van der Waals surface area contributed by atoms with E-state index in [0.717, 1.165) is 24.7 Å². The highest BCUT2D eigenvalue weighted by Crippen LogP contribution is 2.57. The van der Waals surface area contributed by atoms with Crippen molar-refractivity contribution in [3.05, 3.63) is 34.9 Å². The Hall–Kier alpha value is -0.960. The Bertz CT molecular complexity index is 462. The lowest BCUT2D eigenvalue weighted by molar-refractivity contribution is 0.345. The summed E-state index contributed by atoms with van der Waals surface area (Å²) in [4.78, 5) is 0. The molecule has 2 saturated carbocycles. The average molecular weight is 251 g/mol. The third-order valence-corrected chi connectivity index (χ3v) is 4.70. The maximum atomic E-state index is 14.0. The molecule has 18 heavy (non-hydrogen) atoms. The van der Waals surface area contributed by atoms with E-state index in [9.17, 15) is 8.78 Å². The van der Waals surface area contributed by atoms with Crippen molar-refractivity contribution < 1.29 is 8.78 Å². The molecular weight excluding hydrogens is 232 g/mol. The molecule has 2 fully saturated rings. The molecule has 0 aliphatic heterocycles. The molecule has 0 heterocycles. The zero-order chi connectivity index (χ0) is 12.9. The Morgan fingerprint density at radius 1 is 1.11 bits per heavy atom. The third kappa shape index (κ3) is 1.85. The first-order valence-electron chi connectivity index (χ1n) is 6.73. The Labute approximate surface area is 107 Å². The molecule has 1 aromatic rings. The molecular formula is C15H19F2N. The third-order valence-electron chi connectivity index (χ3n) is 4.70. The van der Waals surface area contributed by atoms with Crippen LogP contribution in [0.4, 0.5) is 8.78 Å². The first kappa shape index (κ1) is 12.1. The summed E-state index contributed by atoms with van der Waals surface area (Å²) < 4.78 is 27.7. The van der Waals surface area contributed by atoms with Crippen molar-refractivity contribution >= 4 is 0 Å². The van der Waals surface area contributed by atoms with Crippen LogP contribution < -0.4 is 5.32 Å². The van der Waals surface area contributed by atoms with Crippen molar-refractivity contribution in [3.8, 4) is 0 Å². The maximum Gasteiger partial charge on any atom is 0.163 e. The molecule has 3 atom stereocenters. The minimum Gasteiger partial charge on any atom is -0.313 e. The lowest BCUT2D eigenvalue weighted by Gasteiger charge is -2.25. The second-order valence-corrected chi connectivity index (χ2v) is 5.85. The second-order valence-electron chi connectivity index (χ2n) is 5.85. The zero-order valence-electron chi connectivity index (χ0n) is 10.8. The summed E-state index contributed by atoms with van der Waals surface area (Å²) in [7, 11) is 1.84. The lowest BCUT2D eigenvalue weighted by Crippen LogP contribution is -2.26. The van der Waals surface area contributed by atoms with E-state index >= 15 is 0 Å². The van der Waals surface area contributed by atoms with Gasteiger partial charge < -0.3 is 5.32 Å².